The first-order chi connectivity index (χ1) is 13.6. The summed E-state index contributed by atoms with van der Waals surface area (Å²) in [4.78, 5) is 32.0. The second-order valence-corrected chi connectivity index (χ2v) is 9.19. The van der Waals surface area contributed by atoms with E-state index in [1.165, 1.54) is 4.88 Å². The number of rotatable bonds is 5. The van der Waals surface area contributed by atoms with Gasteiger partial charge in [0.2, 0.25) is 5.91 Å². The normalized spacial score (nSPS) is 18.1. The molecule has 0 atom stereocenters. The maximum absolute atomic E-state index is 12.8. The zero-order valence-electron chi connectivity index (χ0n) is 15.8. The fraction of sp³-hybridized carbons (Fsp3) is 0.429. The van der Waals surface area contributed by atoms with Gasteiger partial charge in [-0.2, -0.15) is 0 Å². The van der Waals surface area contributed by atoms with E-state index in [1.807, 2.05) is 40.1 Å². The van der Waals surface area contributed by atoms with Crippen LogP contribution >= 0.6 is 22.9 Å². The highest BCUT2D eigenvalue weighted by Crippen LogP contribution is 2.23. The summed E-state index contributed by atoms with van der Waals surface area (Å²) in [5.74, 6) is 0.311. The molecule has 148 valence electrons. The predicted molar refractivity (Wildman–Crippen MR) is 112 cm³/mol. The molecule has 0 saturated carbocycles. The first-order valence-electron chi connectivity index (χ1n) is 9.71. The van der Waals surface area contributed by atoms with E-state index in [1.54, 1.807) is 11.3 Å². The van der Waals surface area contributed by atoms with Crippen molar-refractivity contribution in [3.05, 3.63) is 56.7 Å². The topological polar surface area (TPSA) is 43.9 Å². The summed E-state index contributed by atoms with van der Waals surface area (Å²) in [6, 6.07) is 11.7. The van der Waals surface area contributed by atoms with Crippen molar-refractivity contribution in [2.24, 2.45) is 0 Å². The molecular formula is C21H24ClN3O2S. The highest BCUT2D eigenvalue weighted by molar-refractivity contribution is 7.16. The molecule has 1 aromatic heterocycles. The van der Waals surface area contributed by atoms with Gasteiger partial charge in [-0.05, 0) is 36.2 Å². The van der Waals surface area contributed by atoms with Crippen LogP contribution in [0.2, 0.25) is 4.34 Å². The molecule has 0 spiro atoms. The Kier molecular flexibility index (Phi) is 5.99. The molecule has 2 aliphatic heterocycles. The van der Waals surface area contributed by atoms with Crippen LogP contribution < -0.4 is 0 Å². The Morgan fingerprint density at radius 3 is 2.32 bits per heavy atom. The molecule has 0 bridgehead atoms. The number of halogens is 1. The summed E-state index contributed by atoms with van der Waals surface area (Å²) >= 11 is 7.62. The quantitative estimate of drug-likeness (QED) is 0.748. The van der Waals surface area contributed by atoms with Gasteiger partial charge in [0.05, 0.1) is 4.34 Å². The van der Waals surface area contributed by atoms with Crippen molar-refractivity contribution in [2.75, 3.05) is 32.7 Å². The number of benzene rings is 1. The smallest absolute Gasteiger partial charge is 0.253 e. The molecule has 0 radical (unpaired) electrons. The van der Waals surface area contributed by atoms with Gasteiger partial charge in [-0.25, -0.2) is 0 Å². The molecule has 2 fully saturated rings. The van der Waals surface area contributed by atoms with Crippen LogP contribution in [0.5, 0.6) is 0 Å². The minimum Gasteiger partial charge on any atom is -0.338 e. The van der Waals surface area contributed by atoms with E-state index < -0.39 is 0 Å². The summed E-state index contributed by atoms with van der Waals surface area (Å²) < 4.78 is 0.821. The van der Waals surface area contributed by atoms with Gasteiger partial charge in [-0.1, -0.05) is 23.7 Å². The lowest BCUT2D eigenvalue weighted by Crippen LogP contribution is -2.48. The molecule has 0 N–H and O–H groups in total. The SMILES string of the molecule is O=C1CCCN1Cc1ccc(C(=O)N2CCN(Cc3ccc(Cl)s3)CC2)cc1. The number of carbonyl (C=O) groups excluding carboxylic acids is 2. The van der Waals surface area contributed by atoms with E-state index in [4.69, 9.17) is 11.6 Å². The Morgan fingerprint density at radius 1 is 0.964 bits per heavy atom. The molecule has 2 saturated heterocycles. The predicted octanol–water partition coefficient (Wildman–Crippen LogP) is 3.48. The highest BCUT2D eigenvalue weighted by atomic mass is 35.5. The van der Waals surface area contributed by atoms with Gasteiger partial charge in [-0.15, -0.1) is 11.3 Å². The third kappa shape index (κ3) is 4.57. The van der Waals surface area contributed by atoms with Crippen molar-refractivity contribution in [3.8, 4) is 0 Å². The van der Waals surface area contributed by atoms with E-state index >= 15 is 0 Å². The summed E-state index contributed by atoms with van der Waals surface area (Å²) in [7, 11) is 0. The second kappa shape index (κ2) is 8.64. The number of piperazine rings is 1. The van der Waals surface area contributed by atoms with Gasteiger partial charge in [0, 0.05) is 62.7 Å². The number of carbonyl (C=O) groups is 2. The zero-order chi connectivity index (χ0) is 19.5. The molecule has 0 aliphatic carbocycles. The lowest BCUT2D eigenvalue weighted by Gasteiger charge is -2.34. The van der Waals surface area contributed by atoms with Crippen LogP contribution in [-0.4, -0.2) is 59.2 Å². The number of hydrogen-bond donors (Lipinski definition) is 0. The first kappa shape index (κ1) is 19.4. The van der Waals surface area contributed by atoms with Gasteiger partial charge >= 0.3 is 0 Å². The van der Waals surface area contributed by atoms with E-state index in [9.17, 15) is 9.59 Å². The zero-order valence-corrected chi connectivity index (χ0v) is 17.3. The first-order valence-corrected chi connectivity index (χ1v) is 10.9. The summed E-state index contributed by atoms with van der Waals surface area (Å²) in [5, 5.41) is 0. The van der Waals surface area contributed by atoms with Gasteiger partial charge in [0.15, 0.2) is 0 Å². The van der Waals surface area contributed by atoms with Crippen LogP contribution in [0, 0.1) is 0 Å². The molecule has 5 nitrogen and oxygen atoms in total. The Labute approximate surface area is 174 Å². The summed E-state index contributed by atoms with van der Waals surface area (Å²) in [5.41, 5.74) is 1.79. The molecule has 28 heavy (non-hydrogen) atoms. The van der Waals surface area contributed by atoms with Crippen LogP contribution in [0.25, 0.3) is 0 Å². The van der Waals surface area contributed by atoms with Crippen LogP contribution in [0.4, 0.5) is 0 Å². The molecule has 0 unspecified atom stereocenters. The number of nitrogens with zero attached hydrogens (tertiary/aromatic N) is 3. The third-order valence-corrected chi connectivity index (χ3v) is 6.63. The Balaban J connectivity index is 1.29. The maximum Gasteiger partial charge on any atom is 0.253 e. The number of thiophene rings is 1. The van der Waals surface area contributed by atoms with Crippen molar-refractivity contribution in [2.45, 2.75) is 25.9 Å². The van der Waals surface area contributed by atoms with E-state index in [2.05, 4.69) is 11.0 Å². The lowest BCUT2D eigenvalue weighted by atomic mass is 10.1. The largest absolute Gasteiger partial charge is 0.338 e. The Hall–Kier alpha value is -1.89. The van der Waals surface area contributed by atoms with Crippen molar-refractivity contribution in [1.82, 2.24) is 14.7 Å². The number of likely N-dealkylation sites (tertiary alicyclic amines) is 1. The van der Waals surface area contributed by atoms with E-state index in [-0.39, 0.29) is 11.8 Å². The van der Waals surface area contributed by atoms with Crippen molar-refractivity contribution >= 4 is 34.8 Å². The monoisotopic (exact) mass is 417 g/mol. The average Bonchev–Trinajstić information content (AvgIpc) is 3.30. The van der Waals surface area contributed by atoms with Crippen molar-refractivity contribution in [1.29, 1.82) is 0 Å². The van der Waals surface area contributed by atoms with Crippen LogP contribution in [0.1, 0.15) is 33.6 Å². The Morgan fingerprint density at radius 2 is 1.71 bits per heavy atom. The molecule has 3 heterocycles. The van der Waals surface area contributed by atoms with E-state index in [0.717, 1.165) is 61.2 Å². The van der Waals surface area contributed by atoms with E-state index in [0.29, 0.717) is 13.0 Å². The highest BCUT2D eigenvalue weighted by Gasteiger charge is 2.23. The fourth-order valence-corrected chi connectivity index (χ4v) is 4.92. The lowest BCUT2D eigenvalue weighted by molar-refractivity contribution is -0.128. The van der Waals surface area contributed by atoms with Crippen LogP contribution in [-0.2, 0) is 17.9 Å². The minimum atomic E-state index is 0.0858. The second-order valence-electron chi connectivity index (χ2n) is 7.39. The molecular weight excluding hydrogens is 394 g/mol. The third-order valence-electron chi connectivity index (χ3n) is 5.41. The molecule has 7 heteroatoms. The average molecular weight is 418 g/mol. The molecule has 4 rings (SSSR count). The van der Waals surface area contributed by atoms with Crippen molar-refractivity contribution < 1.29 is 9.59 Å². The molecule has 2 aromatic rings. The number of hydrogen-bond acceptors (Lipinski definition) is 4. The summed E-state index contributed by atoms with van der Waals surface area (Å²) in [6.07, 6.45) is 1.60. The minimum absolute atomic E-state index is 0.0858. The van der Waals surface area contributed by atoms with Gasteiger partial charge in [-0.3, -0.25) is 14.5 Å². The maximum atomic E-state index is 12.8. The van der Waals surface area contributed by atoms with Crippen LogP contribution in [0.15, 0.2) is 36.4 Å². The fourth-order valence-electron chi connectivity index (χ4n) is 3.79. The van der Waals surface area contributed by atoms with Gasteiger partial charge < -0.3 is 9.80 Å². The number of amides is 2. The molecule has 2 aliphatic rings. The molecule has 1 aromatic carbocycles. The Bertz CT molecular complexity index is 844. The van der Waals surface area contributed by atoms with Crippen molar-refractivity contribution in [3.63, 3.8) is 0 Å². The summed E-state index contributed by atoms with van der Waals surface area (Å²) in [6.45, 7) is 5.58. The molecule has 2 amide bonds. The standard InChI is InChI=1S/C21H24ClN3O2S/c22-19-8-7-18(28-19)15-23-10-12-24(13-11-23)21(27)17-5-3-16(4-6-17)14-25-9-1-2-20(25)26/h3-8H,1-2,9-15H2. The van der Waals surface area contributed by atoms with Crippen LogP contribution in [0.3, 0.4) is 0 Å². The van der Waals surface area contributed by atoms with Gasteiger partial charge in [0.1, 0.15) is 0 Å². The van der Waals surface area contributed by atoms with Gasteiger partial charge in [0.25, 0.3) is 5.91 Å².